The van der Waals surface area contributed by atoms with Gasteiger partial charge in [0, 0.05) is 23.2 Å². The van der Waals surface area contributed by atoms with Gasteiger partial charge in [-0.2, -0.15) is 5.10 Å². The molecule has 2 aromatic heterocycles. The number of hydrogen-bond acceptors (Lipinski definition) is 4. The van der Waals surface area contributed by atoms with E-state index in [1.807, 2.05) is 42.6 Å². The Labute approximate surface area is 137 Å². The highest BCUT2D eigenvalue weighted by Crippen LogP contribution is 2.23. The first kappa shape index (κ1) is 14.3. The maximum atomic E-state index is 12.8. The fourth-order valence-electron chi connectivity index (χ4n) is 3.14. The first-order chi connectivity index (χ1) is 11.7. The van der Waals surface area contributed by atoms with Crippen LogP contribution in [-0.2, 0) is 6.54 Å². The van der Waals surface area contributed by atoms with Gasteiger partial charge < -0.3 is 20.1 Å². The van der Waals surface area contributed by atoms with Crippen LogP contribution in [0, 0.1) is 0 Å². The van der Waals surface area contributed by atoms with Crippen LogP contribution < -0.4 is 21.5 Å². The fraction of sp³-hybridized carbons (Fsp3) is 0.111. The SMILES string of the molecule is COc1ccc(Cn2c(=O)c3c[nH]cc4c(=NN)ccc2c43)cc1. The predicted octanol–water partition coefficient (Wildman–Crippen LogP) is 1.75. The third-order valence-electron chi connectivity index (χ3n) is 4.33. The van der Waals surface area contributed by atoms with Gasteiger partial charge in [-0.3, -0.25) is 4.79 Å². The number of nitrogens with zero attached hydrogens (tertiary/aromatic N) is 2. The number of hydrogen-bond donors (Lipinski definition) is 2. The van der Waals surface area contributed by atoms with E-state index >= 15 is 0 Å². The van der Waals surface area contributed by atoms with Crippen molar-refractivity contribution in [3.8, 4) is 5.75 Å². The van der Waals surface area contributed by atoms with Crippen molar-refractivity contribution in [3.63, 3.8) is 0 Å². The number of ether oxygens (including phenoxy) is 1. The molecular weight excluding hydrogens is 304 g/mol. The van der Waals surface area contributed by atoms with E-state index in [9.17, 15) is 4.79 Å². The molecule has 24 heavy (non-hydrogen) atoms. The number of H-pyrrole nitrogens is 1. The normalized spacial score (nSPS) is 12.3. The van der Waals surface area contributed by atoms with Gasteiger partial charge in [0.2, 0.25) is 0 Å². The van der Waals surface area contributed by atoms with Crippen LogP contribution in [0.1, 0.15) is 5.56 Å². The molecule has 4 rings (SSSR count). The van der Waals surface area contributed by atoms with Crippen molar-refractivity contribution in [2.24, 2.45) is 10.9 Å². The van der Waals surface area contributed by atoms with Gasteiger partial charge in [0.25, 0.3) is 5.56 Å². The molecular formula is C18H16N4O2. The Bertz CT molecular complexity index is 1140. The molecule has 0 amide bonds. The second-order valence-corrected chi connectivity index (χ2v) is 5.63. The smallest absolute Gasteiger partial charge is 0.260 e. The van der Waals surface area contributed by atoms with Gasteiger partial charge in [-0.1, -0.05) is 12.1 Å². The highest BCUT2D eigenvalue weighted by Gasteiger charge is 2.15. The van der Waals surface area contributed by atoms with Crippen molar-refractivity contribution >= 4 is 21.7 Å². The van der Waals surface area contributed by atoms with Crippen LogP contribution in [0.2, 0.25) is 0 Å². The number of nitrogens with one attached hydrogen (secondary N) is 1. The molecule has 0 atom stereocenters. The van der Waals surface area contributed by atoms with Crippen molar-refractivity contribution in [2.45, 2.75) is 6.54 Å². The van der Waals surface area contributed by atoms with Crippen LogP contribution in [-0.4, -0.2) is 16.7 Å². The molecule has 2 heterocycles. The van der Waals surface area contributed by atoms with Gasteiger partial charge in [-0.05, 0) is 29.8 Å². The highest BCUT2D eigenvalue weighted by molar-refractivity contribution is 6.08. The molecule has 0 saturated carbocycles. The number of benzene rings is 2. The predicted molar refractivity (Wildman–Crippen MR) is 93.1 cm³/mol. The number of methoxy groups -OCH3 is 1. The lowest BCUT2D eigenvalue weighted by molar-refractivity contribution is 0.414. The molecule has 120 valence electrons. The molecule has 0 bridgehead atoms. The summed E-state index contributed by atoms with van der Waals surface area (Å²) in [6.07, 6.45) is 3.54. The standard InChI is InChI=1S/C18H16N4O2/c1-24-12-4-2-11(3-5-12)10-22-16-7-6-15(21-19)13-8-20-9-14(17(13)16)18(22)23/h2-9,20H,10,19H2,1H3. The van der Waals surface area contributed by atoms with E-state index < -0.39 is 0 Å². The molecule has 6 nitrogen and oxygen atoms in total. The Morgan fingerprint density at radius 3 is 2.58 bits per heavy atom. The molecule has 6 heteroatoms. The zero-order valence-electron chi connectivity index (χ0n) is 13.1. The number of pyridine rings is 1. The maximum Gasteiger partial charge on any atom is 0.260 e. The number of rotatable bonds is 3. The summed E-state index contributed by atoms with van der Waals surface area (Å²) in [6, 6.07) is 11.4. The average molecular weight is 320 g/mol. The van der Waals surface area contributed by atoms with E-state index in [1.54, 1.807) is 17.9 Å². The molecule has 3 N–H and O–H groups in total. The summed E-state index contributed by atoms with van der Waals surface area (Å²) in [5.74, 6) is 6.25. The minimum absolute atomic E-state index is 0.0307. The van der Waals surface area contributed by atoms with Gasteiger partial charge in [0.1, 0.15) is 5.75 Å². The lowest BCUT2D eigenvalue weighted by Crippen LogP contribution is -2.15. The summed E-state index contributed by atoms with van der Waals surface area (Å²) in [5, 5.41) is 6.83. The summed E-state index contributed by atoms with van der Waals surface area (Å²) in [5.41, 5.74) is 1.88. The van der Waals surface area contributed by atoms with Crippen LogP contribution in [0.15, 0.2) is 58.7 Å². The average Bonchev–Trinajstić information content (AvgIpc) is 2.90. The van der Waals surface area contributed by atoms with Crippen LogP contribution in [0.25, 0.3) is 21.7 Å². The van der Waals surface area contributed by atoms with Crippen molar-refractivity contribution in [2.75, 3.05) is 7.11 Å². The summed E-state index contributed by atoms with van der Waals surface area (Å²) in [6.45, 7) is 0.492. The molecule has 0 unspecified atom stereocenters. The largest absolute Gasteiger partial charge is 0.497 e. The molecule has 0 spiro atoms. The zero-order chi connectivity index (χ0) is 16.7. The Hall–Kier alpha value is -3.28. The van der Waals surface area contributed by atoms with Gasteiger partial charge in [-0.25, -0.2) is 0 Å². The molecule has 2 aromatic carbocycles. The number of aromatic nitrogens is 2. The summed E-state index contributed by atoms with van der Waals surface area (Å²) < 4.78 is 6.95. The van der Waals surface area contributed by atoms with Crippen LogP contribution in [0.4, 0.5) is 0 Å². The first-order valence-electron chi connectivity index (χ1n) is 7.55. The fourth-order valence-corrected chi connectivity index (χ4v) is 3.14. The summed E-state index contributed by atoms with van der Waals surface area (Å²) in [4.78, 5) is 15.8. The summed E-state index contributed by atoms with van der Waals surface area (Å²) >= 11 is 0. The lowest BCUT2D eigenvalue weighted by Gasteiger charge is -2.06. The quantitative estimate of drug-likeness (QED) is 0.445. The van der Waals surface area contributed by atoms with Crippen molar-refractivity contribution < 1.29 is 4.74 Å². The van der Waals surface area contributed by atoms with E-state index in [4.69, 9.17) is 10.6 Å². The molecule has 0 aliphatic heterocycles. The third-order valence-corrected chi connectivity index (χ3v) is 4.33. The monoisotopic (exact) mass is 320 g/mol. The first-order valence-corrected chi connectivity index (χ1v) is 7.55. The number of nitrogens with two attached hydrogens (primary N) is 1. The van der Waals surface area contributed by atoms with E-state index in [-0.39, 0.29) is 5.56 Å². The molecule has 0 aliphatic rings. The van der Waals surface area contributed by atoms with Crippen molar-refractivity contribution in [3.05, 3.63) is 70.1 Å². The van der Waals surface area contributed by atoms with E-state index in [0.29, 0.717) is 17.3 Å². The zero-order valence-corrected chi connectivity index (χ0v) is 13.1. The molecule has 0 radical (unpaired) electrons. The van der Waals surface area contributed by atoms with Crippen molar-refractivity contribution in [1.82, 2.24) is 9.55 Å². The van der Waals surface area contributed by atoms with Gasteiger partial charge in [-0.15, -0.1) is 0 Å². The van der Waals surface area contributed by atoms with Gasteiger partial charge >= 0.3 is 0 Å². The van der Waals surface area contributed by atoms with Gasteiger partial charge in [0.05, 0.1) is 29.9 Å². The van der Waals surface area contributed by atoms with Crippen LogP contribution in [0.5, 0.6) is 5.75 Å². The van der Waals surface area contributed by atoms with Gasteiger partial charge in [0.15, 0.2) is 0 Å². The van der Waals surface area contributed by atoms with Crippen LogP contribution >= 0.6 is 0 Å². The van der Waals surface area contributed by atoms with Crippen LogP contribution in [0.3, 0.4) is 0 Å². The van der Waals surface area contributed by atoms with E-state index in [2.05, 4.69) is 10.1 Å². The number of aromatic amines is 1. The Balaban J connectivity index is 1.94. The summed E-state index contributed by atoms with van der Waals surface area (Å²) in [7, 11) is 1.63. The molecule has 0 aliphatic carbocycles. The molecule has 4 aromatic rings. The lowest BCUT2D eigenvalue weighted by atomic mass is 10.1. The second-order valence-electron chi connectivity index (χ2n) is 5.63. The van der Waals surface area contributed by atoms with E-state index in [1.165, 1.54) is 0 Å². The highest BCUT2D eigenvalue weighted by atomic mass is 16.5. The second kappa shape index (κ2) is 5.42. The maximum absolute atomic E-state index is 12.8. The topological polar surface area (TPSA) is 85.4 Å². The third kappa shape index (κ3) is 2.04. The Kier molecular flexibility index (Phi) is 3.23. The van der Waals surface area contributed by atoms with E-state index in [0.717, 1.165) is 27.6 Å². The minimum atomic E-state index is -0.0307. The Morgan fingerprint density at radius 1 is 1.12 bits per heavy atom. The molecule has 0 saturated heterocycles. The molecule has 0 fully saturated rings. The Morgan fingerprint density at radius 2 is 1.88 bits per heavy atom. The minimum Gasteiger partial charge on any atom is -0.497 e. The van der Waals surface area contributed by atoms with Crippen molar-refractivity contribution in [1.29, 1.82) is 0 Å².